The Labute approximate surface area is 101 Å². The van der Waals surface area contributed by atoms with Gasteiger partial charge in [0.05, 0.1) is 5.56 Å². The average Bonchev–Trinajstić information content (AvgIpc) is 2.32. The van der Waals surface area contributed by atoms with Crippen molar-refractivity contribution in [1.29, 1.82) is 0 Å². The lowest BCUT2D eigenvalue weighted by Gasteiger charge is -2.11. The van der Waals surface area contributed by atoms with E-state index in [4.69, 9.17) is 10.5 Å². The minimum atomic E-state index is -4.48. The lowest BCUT2D eigenvalue weighted by Crippen LogP contribution is -2.07. The first kappa shape index (κ1) is 12.2. The van der Waals surface area contributed by atoms with Crippen LogP contribution in [0.25, 0.3) is 0 Å². The zero-order chi connectivity index (χ0) is 13.2. The van der Waals surface area contributed by atoms with Gasteiger partial charge in [-0.05, 0) is 18.2 Å². The van der Waals surface area contributed by atoms with Gasteiger partial charge in [0, 0.05) is 6.20 Å². The zero-order valence-corrected chi connectivity index (χ0v) is 9.11. The predicted molar refractivity (Wildman–Crippen MR) is 60.2 cm³/mol. The molecule has 0 radical (unpaired) electrons. The second-order valence-electron chi connectivity index (χ2n) is 3.52. The molecule has 18 heavy (non-hydrogen) atoms. The van der Waals surface area contributed by atoms with E-state index in [0.29, 0.717) is 11.9 Å². The molecule has 2 rings (SSSR count). The van der Waals surface area contributed by atoms with Gasteiger partial charge in [-0.2, -0.15) is 13.2 Å². The molecule has 0 unspecified atom stereocenters. The van der Waals surface area contributed by atoms with Crippen molar-refractivity contribution < 1.29 is 17.9 Å². The van der Waals surface area contributed by atoms with Crippen LogP contribution < -0.4 is 10.5 Å². The third-order valence-electron chi connectivity index (χ3n) is 2.18. The lowest BCUT2D eigenvalue weighted by atomic mass is 10.2. The molecule has 94 valence electrons. The second kappa shape index (κ2) is 4.56. The van der Waals surface area contributed by atoms with Crippen molar-refractivity contribution in [1.82, 2.24) is 4.98 Å². The summed E-state index contributed by atoms with van der Waals surface area (Å²) in [4.78, 5) is 3.47. The van der Waals surface area contributed by atoms with Crippen LogP contribution in [0.2, 0.25) is 0 Å². The van der Waals surface area contributed by atoms with Gasteiger partial charge in [0.15, 0.2) is 11.6 Å². The Morgan fingerprint density at radius 2 is 1.78 bits per heavy atom. The van der Waals surface area contributed by atoms with Crippen LogP contribution in [0.1, 0.15) is 5.56 Å². The van der Waals surface area contributed by atoms with Crippen LogP contribution in [0.4, 0.5) is 19.0 Å². The monoisotopic (exact) mass is 254 g/mol. The Hall–Kier alpha value is -2.24. The van der Waals surface area contributed by atoms with Gasteiger partial charge in [-0.3, -0.25) is 0 Å². The fraction of sp³-hybridized carbons (Fsp3) is 0.0833. The normalized spacial score (nSPS) is 11.3. The summed E-state index contributed by atoms with van der Waals surface area (Å²) in [6, 6.07) is 9.22. The number of nitrogens with zero attached hydrogens (tertiary/aromatic N) is 1. The number of aromatic nitrogens is 1. The highest BCUT2D eigenvalue weighted by atomic mass is 19.4. The molecule has 0 aliphatic carbocycles. The fourth-order valence-corrected chi connectivity index (χ4v) is 1.31. The van der Waals surface area contributed by atoms with Crippen LogP contribution in [-0.4, -0.2) is 4.98 Å². The maximum absolute atomic E-state index is 12.5. The maximum Gasteiger partial charge on any atom is 0.418 e. The van der Waals surface area contributed by atoms with Gasteiger partial charge in [0.25, 0.3) is 0 Å². The smallest absolute Gasteiger partial charge is 0.418 e. The quantitative estimate of drug-likeness (QED) is 0.892. The fourth-order valence-electron chi connectivity index (χ4n) is 1.31. The van der Waals surface area contributed by atoms with Crippen molar-refractivity contribution >= 4 is 5.82 Å². The van der Waals surface area contributed by atoms with E-state index in [9.17, 15) is 13.2 Å². The number of para-hydroxylation sites is 1. The topological polar surface area (TPSA) is 48.1 Å². The Morgan fingerprint density at radius 3 is 2.39 bits per heavy atom. The molecule has 0 amide bonds. The first-order valence-corrected chi connectivity index (χ1v) is 5.02. The molecular weight excluding hydrogens is 245 g/mol. The molecule has 2 N–H and O–H groups in total. The van der Waals surface area contributed by atoms with Gasteiger partial charge in [-0.15, -0.1) is 0 Å². The van der Waals surface area contributed by atoms with E-state index in [0.717, 1.165) is 6.07 Å². The summed E-state index contributed by atoms with van der Waals surface area (Å²) < 4.78 is 42.8. The van der Waals surface area contributed by atoms with Crippen molar-refractivity contribution in [2.24, 2.45) is 0 Å². The highest BCUT2D eigenvalue weighted by Crippen LogP contribution is 2.34. The molecule has 3 nitrogen and oxygen atoms in total. The molecule has 0 aliphatic rings. The van der Waals surface area contributed by atoms with E-state index in [1.165, 1.54) is 0 Å². The number of nitrogen functional groups attached to an aromatic ring is 1. The largest absolute Gasteiger partial charge is 0.453 e. The molecule has 0 fully saturated rings. The molecule has 1 aromatic carbocycles. The van der Waals surface area contributed by atoms with Gasteiger partial charge in [0.2, 0.25) is 0 Å². The average molecular weight is 254 g/mol. The number of benzene rings is 1. The number of alkyl halides is 3. The van der Waals surface area contributed by atoms with Gasteiger partial charge in [-0.1, -0.05) is 18.2 Å². The SMILES string of the molecule is Nc1ncc(C(F)(F)F)cc1Oc1ccccc1. The Kier molecular flexibility index (Phi) is 3.10. The minimum absolute atomic E-state index is 0.0909. The van der Waals surface area contributed by atoms with Crippen molar-refractivity contribution in [2.45, 2.75) is 6.18 Å². The number of nitrogens with two attached hydrogens (primary N) is 1. The van der Waals surface area contributed by atoms with Crippen LogP contribution in [0.15, 0.2) is 42.6 Å². The van der Waals surface area contributed by atoms with E-state index in [-0.39, 0.29) is 11.6 Å². The Balaban J connectivity index is 2.33. The first-order valence-electron chi connectivity index (χ1n) is 5.02. The van der Waals surface area contributed by atoms with Gasteiger partial charge >= 0.3 is 6.18 Å². The standard InChI is InChI=1S/C12H9F3N2O/c13-12(14,15)8-6-10(11(16)17-7-8)18-9-4-2-1-3-5-9/h1-7H,(H2,16,17). The van der Waals surface area contributed by atoms with E-state index >= 15 is 0 Å². The van der Waals surface area contributed by atoms with Crippen molar-refractivity contribution in [3.63, 3.8) is 0 Å². The number of rotatable bonds is 2. The third-order valence-corrected chi connectivity index (χ3v) is 2.18. The first-order chi connectivity index (χ1) is 8.47. The van der Waals surface area contributed by atoms with Crippen molar-refractivity contribution in [3.8, 4) is 11.5 Å². The number of ether oxygens (including phenoxy) is 1. The van der Waals surface area contributed by atoms with Crippen LogP contribution in [0, 0.1) is 0 Å². The van der Waals surface area contributed by atoms with E-state index in [1.54, 1.807) is 30.3 Å². The Morgan fingerprint density at radius 1 is 1.11 bits per heavy atom. The zero-order valence-electron chi connectivity index (χ0n) is 9.11. The van der Waals surface area contributed by atoms with Crippen molar-refractivity contribution in [3.05, 3.63) is 48.2 Å². The van der Waals surface area contributed by atoms with E-state index < -0.39 is 11.7 Å². The molecule has 0 atom stereocenters. The van der Waals surface area contributed by atoms with E-state index in [1.807, 2.05) is 0 Å². The summed E-state index contributed by atoms with van der Waals surface area (Å²) in [7, 11) is 0. The summed E-state index contributed by atoms with van der Waals surface area (Å²) in [6.45, 7) is 0. The lowest BCUT2D eigenvalue weighted by molar-refractivity contribution is -0.137. The molecule has 0 bridgehead atoms. The number of hydrogen-bond acceptors (Lipinski definition) is 3. The molecule has 6 heteroatoms. The van der Waals surface area contributed by atoms with Crippen LogP contribution >= 0.6 is 0 Å². The number of halogens is 3. The summed E-state index contributed by atoms with van der Waals surface area (Å²) in [5, 5.41) is 0. The highest BCUT2D eigenvalue weighted by Gasteiger charge is 2.31. The number of hydrogen-bond donors (Lipinski definition) is 1. The maximum atomic E-state index is 12.5. The summed E-state index contributed by atoms with van der Waals surface area (Å²) in [5.41, 5.74) is 4.58. The number of pyridine rings is 1. The summed E-state index contributed by atoms with van der Waals surface area (Å²) in [5.74, 6) is 0.188. The van der Waals surface area contributed by atoms with Crippen LogP contribution in [0.5, 0.6) is 11.5 Å². The molecule has 0 aliphatic heterocycles. The number of anilines is 1. The molecule has 0 saturated heterocycles. The molecular formula is C12H9F3N2O. The summed E-state index contributed by atoms with van der Waals surface area (Å²) >= 11 is 0. The molecule has 0 spiro atoms. The molecule has 0 saturated carbocycles. The summed E-state index contributed by atoms with van der Waals surface area (Å²) in [6.07, 6.45) is -3.80. The minimum Gasteiger partial charge on any atom is -0.453 e. The second-order valence-corrected chi connectivity index (χ2v) is 3.52. The van der Waals surface area contributed by atoms with Crippen LogP contribution in [-0.2, 0) is 6.18 Å². The van der Waals surface area contributed by atoms with Crippen LogP contribution in [0.3, 0.4) is 0 Å². The highest BCUT2D eigenvalue weighted by molar-refractivity contribution is 5.49. The van der Waals surface area contributed by atoms with Gasteiger partial charge < -0.3 is 10.5 Å². The van der Waals surface area contributed by atoms with Gasteiger partial charge in [-0.25, -0.2) is 4.98 Å². The predicted octanol–water partition coefficient (Wildman–Crippen LogP) is 3.47. The van der Waals surface area contributed by atoms with Gasteiger partial charge in [0.1, 0.15) is 5.75 Å². The Bertz CT molecular complexity index is 541. The third kappa shape index (κ3) is 2.71. The van der Waals surface area contributed by atoms with Crippen molar-refractivity contribution in [2.75, 3.05) is 5.73 Å². The molecule has 1 heterocycles. The molecule has 1 aromatic heterocycles. The molecule has 2 aromatic rings. The van der Waals surface area contributed by atoms with E-state index in [2.05, 4.69) is 4.98 Å².